The summed E-state index contributed by atoms with van der Waals surface area (Å²) in [6, 6.07) is 7.93. The van der Waals surface area contributed by atoms with E-state index in [1.165, 1.54) is 5.56 Å². The quantitative estimate of drug-likeness (QED) is 0.923. The van der Waals surface area contributed by atoms with Gasteiger partial charge in [0, 0.05) is 38.8 Å². The number of benzene rings is 1. The van der Waals surface area contributed by atoms with E-state index in [4.69, 9.17) is 4.52 Å². The fourth-order valence-electron chi connectivity index (χ4n) is 2.98. The fourth-order valence-corrected chi connectivity index (χ4v) is 2.98. The van der Waals surface area contributed by atoms with E-state index in [0.29, 0.717) is 24.9 Å². The van der Waals surface area contributed by atoms with Gasteiger partial charge in [-0.3, -0.25) is 0 Å². The van der Waals surface area contributed by atoms with Gasteiger partial charge in [-0.15, -0.1) is 0 Å². The summed E-state index contributed by atoms with van der Waals surface area (Å²) >= 11 is 0. The van der Waals surface area contributed by atoms with Crippen molar-refractivity contribution in [3.63, 3.8) is 0 Å². The molecule has 1 fully saturated rings. The smallest absolute Gasteiger partial charge is 0.321 e. The molecule has 0 unspecified atom stereocenters. The van der Waals surface area contributed by atoms with Gasteiger partial charge in [0.15, 0.2) is 0 Å². The van der Waals surface area contributed by atoms with E-state index in [1.807, 2.05) is 42.1 Å². The maximum atomic E-state index is 12.5. The lowest BCUT2D eigenvalue weighted by atomic mass is 9.97. The highest BCUT2D eigenvalue weighted by molar-refractivity contribution is 5.89. The molecule has 3 rings (SSSR count). The van der Waals surface area contributed by atoms with Gasteiger partial charge in [-0.2, -0.15) is 4.98 Å². The van der Waals surface area contributed by atoms with Gasteiger partial charge in [0.2, 0.25) is 5.89 Å². The van der Waals surface area contributed by atoms with Crippen molar-refractivity contribution in [1.82, 2.24) is 15.0 Å². The zero-order chi connectivity index (χ0) is 17.8. The number of carbonyl (C=O) groups excluding carboxylic acids is 1. The molecule has 1 N–H and O–H groups in total. The first-order valence-electron chi connectivity index (χ1n) is 8.72. The van der Waals surface area contributed by atoms with Gasteiger partial charge in [0.1, 0.15) is 0 Å². The monoisotopic (exact) mass is 343 g/mol. The molecule has 7 nitrogen and oxygen atoms in total. The maximum Gasteiger partial charge on any atom is 0.321 e. The van der Waals surface area contributed by atoms with Crippen molar-refractivity contribution < 1.29 is 9.32 Å². The van der Waals surface area contributed by atoms with E-state index in [9.17, 15) is 4.79 Å². The van der Waals surface area contributed by atoms with Crippen molar-refractivity contribution in [3.8, 4) is 0 Å². The molecular formula is C18H25N5O2. The minimum absolute atomic E-state index is 0.0498. The standard InChI is InChI=1S/C18H25N5O2/c1-4-13-6-5-7-15(12-13)19-18(24)23-10-8-14(9-11-23)16-20-17(21-25-16)22(2)3/h5-7,12,14H,4,8-11H2,1-3H3,(H,19,24). The number of urea groups is 1. The number of nitrogens with zero attached hydrogens (tertiary/aromatic N) is 4. The van der Waals surface area contributed by atoms with Gasteiger partial charge in [0.25, 0.3) is 5.95 Å². The minimum atomic E-state index is -0.0498. The number of anilines is 2. The summed E-state index contributed by atoms with van der Waals surface area (Å²) in [5, 5.41) is 6.95. The third-order valence-corrected chi connectivity index (χ3v) is 4.55. The molecule has 1 saturated heterocycles. The van der Waals surface area contributed by atoms with Crippen LogP contribution in [0.2, 0.25) is 0 Å². The number of hydrogen-bond donors (Lipinski definition) is 1. The molecule has 0 bridgehead atoms. The second-order valence-electron chi connectivity index (χ2n) is 6.57. The van der Waals surface area contributed by atoms with Crippen LogP contribution in [0.4, 0.5) is 16.4 Å². The molecule has 1 aliphatic rings. The van der Waals surface area contributed by atoms with Crippen LogP contribution in [-0.4, -0.2) is 48.3 Å². The lowest BCUT2D eigenvalue weighted by molar-refractivity contribution is 0.187. The first-order chi connectivity index (χ1) is 12.1. The molecule has 1 aromatic carbocycles. The maximum absolute atomic E-state index is 12.5. The summed E-state index contributed by atoms with van der Waals surface area (Å²) in [4.78, 5) is 20.5. The Labute approximate surface area is 148 Å². The molecule has 0 atom stereocenters. The summed E-state index contributed by atoms with van der Waals surface area (Å²) in [6.07, 6.45) is 2.61. The van der Waals surface area contributed by atoms with Crippen LogP contribution in [0, 0.1) is 0 Å². The molecule has 0 spiro atoms. The van der Waals surface area contributed by atoms with E-state index >= 15 is 0 Å². The fraction of sp³-hybridized carbons (Fsp3) is 0.500. The topological polar surface area (TPSA) is 74.5 Å². The molecule has 0 radical (unpaired) electrons. The molecule has 2 aromatic rings. The second-order valence-corrected chi connectivity index (χ2v) is 6.57. The van der Waals surface area contributed by atoms with Crippen LogP contribution in [0.5, 0.6) is 0 Å². The van der Waals surface area contributed by atoms with Crippen LogP contribution in [0.3, 0.4) is 0 Å². The molecule has 2 heterocycles. The van der Waals surface area contributed by atoms with Gasteiger partial charge < -0.3 is 19.6 Å². The summed E-state index contributed by atoms with van der Waals surface area (Å²) in [5.74, 6) is 1.47. The SMILES string of the molecule is CCc1cccc(NC(=O)N2CCC(c3nc(N(C)C)no3)CC2)c1. The third kappa shape index (κ3) is 4.10. The lowest BCUT2D eigenvalue weighted by Gasteiger charge is -2.30. The Bertz CT molecular complexity index is 720. The Hall–Kier alpha value is -2.57. The first-order valence-corrected chi connectivity index (χ1v) is 8.72. The highest BCUT2D eigenvalue weighted by Gasteiger charge is 2.27. The summed E-state index contributed by atoms with van der Waals surface area (Å²) in [6.45, 7) is 3.47. The number of likely N-dealkylation sites (tertiary alicyclic amines) is 1. The van der Waals surface area contributed by atoms with Crippen molar-refractivity contribution >= 4 is 17.7 Å². The van der Waals surface area contributed by atoms with Crippen molar-refractivity contribution in [2.24, 2.45) is 0 Å². The van der Waals surface area contributed by atoms with Crippen molar-refractivity contribution in [2.45, 2.75) is 32.1 Å². The van der Waals surface area contributed by atoms with Crippen molar-refractivity contribution in [3.05, 3.63) is 35.7 Å². The lowest BCUT2D eigenvalue weighted by Crippen LogP contribution is -2.40. The molecule has 134 valence electrons. The van der Waals surface area contributed by atoms with E-state index < -0.39 is 0 Å². The first kappa shape index (κ1) is 17.3. The highest BCUT2D eigenvalue weighted by Crippen LogP contribution is 2.28. The van der Waals surface area contributed by atoms with Gasteiger partial charge in [0.05, 0.1) is 0 Å². The number of piperidine rings is 1. The summed E-state index contributed by atoms with van der Waals surface area (Å²) in [7, 11) is 3.77. The number of carbonyl (C=O) groups is 1. The highest BCUT2D eigenvalue weighted by atomic mass is 16.5. The Morgan fingerprint density at radius 2 is 2.12 bits per heavy atom. The van der Waals surface area contributed by atoms with Crippen LogP contribution < -0.4 is 10.2 Å². The molecule has 1 aliphatic heterocycles. The van der Waals surface area contributed by atoms with Gasteiger partial charge in [-0.25, -0.2) is 4.79 Å². The number of aromatic nitrogens is 2. The predicted molar refractivity (Wildman–Crippen MR) is 97.0 cm³/mol. The Kier molecular flexibility index (Phi) is 5.21. The zero-order valence-corrected chi connectivity index (χ0v) is 15.0. The number of rotatable bonds is 4. The number of nitrogens with one attached hydrogen (secondary N) is 1. The molecule has 1 aromatic heterocycles. The summed E-state index contributed by atoms with van der Waals surface area (Å²) in [5.41, 5.74) is 2.06. The van der Waals surface area contributed by atoms with Gasteiger partial charge in [-0.05, 0) is 42.1 Å². The summed E-state index contributed by atoms with van der Waals surface area (Å²) < 4.78 is 5.36. The zero-order valence-electron chi connectivity index (χ0n) is 15.0. The van der Waals surface area contributed by atoms with Crippen molar-refractivity contribution in [1.29, 1.82) is 0 Å². The number of aryl methyl sites for hydroxylation is 1. The normalized spacial score (nSPS) is 15.2. The average molecular weight is 343 g/mol. The molecular weight excluding hydrogens is 318 g/mol. The molecule has 0 saturated carbocycles. The molecule has 25 heavy (non-hydrogen) atoms. The van der Waals surface area contributed by atoms with Crippen LogP contribution in [-0.2, 0) is 6.42 Å². The van der Waals surface area contributed by atoms with Crippen molar-refractivity contribution in [2.75, 3.05) is 37.4 Å². The third-order valence-electron chi connectivity index (χ3n) is 4.55. The van der Waals surface area contributed by atoms with Gasteiger partial charge in [-0.1, -0.05) is 19.1 Å². The Balaban J connectivity index is 1.55. The van der Waals surface area contributed by atoms with Crippen LogP contribution in [0.1, 0.15) is 37.1 Å². The Morgan fingerprint density at radius 3 is 2.76 bits per heavy atom. The average Bonchev–Trinajstić information content (AvgIpc) is 3.12. The second kappa shape index (κ2) is 7.55. The van der Waals surface area contributed by atoms with Crippen LogP contribution in [0.25, 0.3) is 0 Å². The van der Waals surface area contributed by atoms with Crippen LogP contribution in [0.15, 0.2) is 28.8 Å². The van der Waals surface area contributed by atoms with E-state index in [-0.39, 0.29) is 11.9 Å². The van der Waals surface area contributed by atoms with E-state index in [1.54, 1.807) is 0 Å². The van der Waals surface area contributed by atoms with E-state index in [0.717, 1.165) is 24.9 Å². The van der Waals surface area contributed by atoms with E-state index in [2.05, 4.69) is 28.4 Å². The number of amides is 2. The van der Waals surface area contributed by atoms with Gasteiger partial charge >= 0.3 is 6.03 Å². The minimum Gasteiger partial charge on any atom is -0.344 e. The molecule has 0 aliphatic carbocycles. The largest absolute Gasteiger partial charge is 0.344 e. The predicted octanol–water partition coefficient (Wildman–Crippen LogP) is 3.11. The molecule has 7 heteroatoms. The Morgan fingerprint density at radius 1 is 1.36 bits per heavy atom. The molecule has 2 amide bonds. The number of hydrogen-bond acceptors (Lipinski definition) is 5. The van der Waals surface area contributed by atoms with Crippen LogP contribution >= 0.6 is 0 Å².